The smallest absolute Gasteiger partial charge is 0.236 e. The summed E-state index contributed by atoms with van der Waals surface area (Å²) in [7, 11) is 0. The van der Waals surface area contributed by atoms with E-state index in [-0.39, 0.29) is 5.91 Å². The molecule has 0 N–H and O–H groups in total. The van der Waals surface area contributed by atoms with Crippen molar-refractivity contribution in [2.45, 2.75) is 33.2 Å². The van der Waals surface area contributed by atoms with Crippen LogP contribution in [0.2, 0.25) is 0 Å². The van der Waals surface area contributed by atoms with E-state index in [4.69, 9.17) is 0 Å². The molecule has 3 heteroatoms. The fraction of sp³-hybridized carbons (Fsp3) is 0.588. The zero-order valence-electron chi connectivity index (χ0n) is 12.7. The second kappa shape index (κ2) is 7.44. The average molecular weight is 274 g/mol. The van der Waals surface area contributed by atoms with E-state index >= 15 is 0 Å². The molecule has 1 aliphatic rings. The molecule has 20 heavy (non-hydrogen) atoms. The number of amides is 1. The van der Waals surface area contributed by atoms with E-state index in [0.717, 1.165) is 44.9 Å². The topological polar surface area (TPSA) is 23.6 Å². The quantitative estimate of drug-likeness (QED) is 0.824. The summed E-state index contributed by atoms with van der Waals surface area (Å²) in [6, 6.07) is 10.4. The van der Waals surface area contributed by atoms with Crippen molar-refractivity contribution < 1.29 is 4.79 Å². The fourth-order valence-corrected chi connectivity index (χ4v) is 2.67. The highest BCUT2D eigenvalue weighted by molar-refractivity contribution is 5.78. The van der Waals surface area contributed by atoms with Crippen LogP contribution in [0.25, 0.3) is 0 Å². The van der Waals surface area contributed by atoms with Gasteiger partial charge in [-0.25, -0.2) is 0 Å². The maximum Gasteiger partial charge on any atom is 0.236 e. The Bertz CT molecular complexity index is 410. The van der Waals surface area contributed by atoms with Gasteiger partial charge >= 0.3 is 0 Å². The second-order valence-corrected chi connectivity index (χ2v) is 5.85. The second-order valence-electron chi connectivity index (χ2n) is 5.85. The summed E-state index contributed by atoms with van der Waals surface area (Å²) in [6.07, 6.45) is 2.30. The van der Waals surface area contributed by atoms with E-state index in [1.807, 2.05) is 11.0 Å². The first-order valence-electron chi connectivity index (χ1n) is 7.73. The Morgan fingerprint density at radius 3 is 2.50 bits per heavy atom. The van der Waals surface area contributed by atoms with Crippen molar-refractivity contribution >= 4 is 5.91 Å². The predicted octanol–water partition coefficient (Wildman–Crippen LogP) is 2.77. The number of likely N-dealkylation sites (N-methyl/N-ethyl adjacent to an activating group) is 1. The molecule has 0 unspecified atom stereocenters. The van der Waals surface area contributed by atoms with E-state index in [1.165, 1.54) is 5.56 Å². The lowest BCUT2D eigenvalue weighted by Gasteiger charge is -2.32. The Morgan fingerprint density at radius 1 is 1.25 bits per heavy atom. The minimum Gasteiger partial charge on any atom is -0.342 e. The fourth-order valence-electron chi connectivity index (χ4n) is 2.67. The Morgan fingerprint density at radius 2 is 1.90 bits per heavy atom. The summed E-state index contributed by atoms with van der Waals surface area (Å²) < 4.78 is 0. The molecule has 1 fully saturated rings. The molecule has 0 radical (unpaired) electrons. The first-order valence-corrected chi connectivity index (χ1v) is 7.73. The van der Waals surface area contributed by atoms with Gasteiger partial charge in [0.15, 0.2) is 0 Å². The number of piperidine rings is 1. The van der Waals surface area contributed by atoms with E-state index in [2.05, 4.69) is 43.0 Å². The molecule has 0 saturated carbocycles. The van der Waals surface area contributed by atoms with Gasteiger partial charge in [-0.2, -0.15) is 0 Å². The molecule has 1 heterocycles. The zero-order valence-corrected chi connectivity index (χ0v) is 12.7. The molecule has 1 aromatic carbocycles. The molecule has 3 nitrogen and oxygen atoms in total. The summed E-state index contributed by atoms with van der Waals surface area (Å²) in [5.74, 6) is 1.06. The molecule has 110 valence electrons. The van der Waals surface area contributed by atoms with Crippen molar-refractivity contribution in [2.24, 2.45) is 5.92 Å². The summed E-state index contributed by atoms with van der Waals surface area (Å²) in [5, 5.41) is 0. The molecule has 1 saturated heterocycles. The van der Waals surface area contributed by atoms with Crippen LogP contribution in [0.15, 0.2) is 30.3 Å². The normalized spacial score (nSPS) is 16.6. The van der Waals surface area contributed by atoms with Crippen LogP contribution in [0, 0.1) is 5.92 Å². The number of hydrogen-bond donors (Lipinski definition) is 0. The summed E-state index contributed by atoms with van der Waals surface area (Å²) in [5.41, 5.74) is 1.27. The molecule has 2 rings (SSSR count). The Labute approximate surface area is 122 Å². The highest BCUT2D eigenvalue weighted by Crippen LogP contribution is 2.16. The van der Waals surface area contributed by atoms with Gasteiger partial charge in [-0.05, 0) is 30.9 Å². The van der Waals surface area contributed by atoms with Gasteiger partial charge in [-0.1, -0.05) is 44.2 Å². The average Bonchev–Trinajstić information content (AvgIpc) is 2.48. The highest BCUT2D eigenvalue weighted by atomic mass is 16.2. The molecular formula is C17H26N2O. The van der Waals surface area contributed by atoms with E-state index in [0.29, 0.717) is 6.54 Å². The van der Waals surface area contributed by atoms with Crippen LogP contribution in [0.3, 0.4) is 0 Å². The van der Waals surface area contributed by atoms with Gasteiger partial charge in [0.2, 0.25) is 5.91 Å². The molecule has 1 aromatic rings. The summed E-state index contributed by atoms with van der Waals surface area (Å²) >= 11 is 0. The molecule has 0 bridgehead atoms. The number of rotatable bonds is 5. The molecule has 0 spiro atoms. The molecule has 0 aliphatic carbocycles. The number of hydrogen-bond acceptors (Lipinski definition) is 2. The third-order valence-corrected chi connectivity index (χ3v) is 4.19. The maximum atomic E-state index is 12.3. The van der Waals surface area contributed by atoms with Crippen LogP contribution in [0.1, 0.15) is 32.3 Å². The van der Waals surface area contributed by atoms with E-state index < -0.39 is 0 Å². The standard InChI is InChI=1S/C17H26N2O/c1-3-18(13-16-7-5-4-6-8-16)14-17(20)19-11-9-15(2)10-12-19/h4-8,15H,3,9-14H2,1-2H3. The van der Waals surface area contributed by atoms with Crippen LogP contribution < -0.4 is 0 Å². The van der Waals surface area contributed by atoms with Crippen molar-refractivity contribution in [2.75, 3.05) is 26.2 Å². The van der Waals surface area contributed by atoms with Gasteiger partial charge in [0.05, 0.1) is 6.54 Å². The molecule has 1 amide bonds. The van der Waals surface area contributed by atoms with Gasteiger partial charge < -0.3 is 4.90 Å². The lowest BCUT2D eigenvalue weighted by atomic mass is 9.99. The monoisotopic (exact) mass is 274 g/mol. The Hall–Kier alpha value is -1.35. The number of nitrogens with zero attached hydrogens (tertiary/aromatic N) is 2. The SMILES string of the molecule is CCN(CC(=O)N1CCC(C)CC1)Cc1ccccc1. The maximum absolute atomic E-state index is 12.3. The Balaban J connectivity index is 1.85. The zero-order chi connectivity index (χ0) is 14.4. The van der Waals surface area contributed by atoms with Crippen molar-refractivity contribution in [3.05, 3.63) is 35.9 Å². The van der Waals surface area contributed by atoms with Crippen LogP contribution in [0.5, 0.6) is 0 Å². The number of carbonyl (C=O) groups excluding carboxylic acids is 1. The third-order valence-electron chi connectivity index (χ3n) is 4.19. The minimum absolute atomic E-state index is 0.287. The molecule has 1 aliphatic heterocycles. The summed E-state index contributed by atoms with van der Waals surface area (Å²) in [6.45, 7) is 8.56. The number of likely N-dealkylation sites (tertiary alicyclic amines) is 1. The van der Waals surface area contributed by atoms with Gasteiger partial charge in [0, 0.05) is 19.6 Å². The van der Waals surface area contributed by atoms with Gasteiger partial charge in [-0.15, -0.1) is 0 Å². The van der Waals surface area contributed by atoms with Crippen molar-refractivity contribution in [1.29, 1.82) is 0 Å². The van der Waals surface area contributed by atoms with Crippen LogP contribution in [-0.2, 0) is 11.3 Å². The van der Waals surface area contributed by atoms with Gasteiger partial charge in [0.25, 0.3) is 0 Å². The van der Waals surface area contributed by atoms with Crippen molar-refractivity contribution in [3.63, 3.8) is 0 Å². The van der Waals surface area contributed by atoms with Crippen LogP contribution in [0.4, 0.5) is 0 Å². The van der Waals surface area contributed by atoms with Crippen molar-refractivity contribution in [3.8, 4) is 0 Å². The van der Waals surface area contributed by atoms with Crippen LogP contribution >= 0.6 is 0 Å². The van der Waals surface area contributed by atoms with Crippen molar-refractivity contribution in [1.82, 2.24) is 9.80 Å². The molecule has 0 atom stereocenters. The van der Waals surface area contributed by atoms with Crippen LogP contribution in [-0.4, -0.2) is 41.9 Å². The molecular weight excluding hydrogens is 248 g/mol. The van der Waals surface area contributed by atoms with Gasteiger partial charge in [-0.3, -0.25) is 9.69 Å². The molecule has 0 aromatic heterocycles. The number of carbonyl (C=O) groups is 1. The summed E-state index contributed by atoms with van der Waals surface area (Å²) in [4.78, 5) is 16.6. The minimum atomic E-state index is 0.287. The predicted molar refractivity (Wildman–Crippen MR) is 82.4 cm³/mol. The number of benzene rings is 1. The first kappa shape index (κ1) is 15.0. The van der Waals surface area contributed by atoms with Gasteiger partial charge in [0.1, 0.15) is 0 Å². The lowest BCUT2D eigenvalue weighted by molar-refractivity contribution is -0.133. The highest BCUT2D eigenvalue weighted by Gasteiger charge is 2.21. The van der Waals surface area contributed by atoms with E-state index in [1.54, 1.807) is 0 Å². The lowest BCUT2D eigenvalue weighted by Crippen LogP contribution is -2.43. The largest absolute Gasteiger partial charge is 0.342 e. The first-order chi connectivity index (χ1) is 9.69. The third kappa shape index (κ3) is 4.34. The Kier molecular flexibility index (Phi) is 5.60. The van der Waals surface area contributed by atoms with E-state index in [9.17, 15) is 4.79 Å².